The third kappa shape index (κ3) is 4.75. The van der Waals surface area contributed by atoms with Crippen LogP contribution in [0, 0.1) is 12.3 Å². The number of hydrogen-bond acceptors (Lipinski definition) is 2. The van der Waals surface area contributed by atoms with Crippen LogP contribution in [0.2, 0.25) is 0 Å². The van der Waals surface area contributed by atoms with Crippen molar-refractivity contribution in [1.29, 1.82) is 0 Å². The van der Waals surface area contributed by atoms with Crippen molar-refractivity contribution in [3.8, 4) is 0 Å². The van der Waals surface area contributed by atoms with Crippen molar-refractivity contribution in [2.24, 2.45) is 5.41 Å². The molecule has 4 heteroatoms. The van der Waals surface area contributed by atoms with Gasteiger partial charge in [0, 0.05) is 0 Å². The van der Waals surface area contributed by atoms with Gasteiger partial charge >= 0.3 is 10.2 Å². The molecule has 16 heavy (non-hydrogen) atoms. The lowest BCUT2D eigenvalue weighted by Crippen LogP contribution is -2.24. The van der Waals surface area contributed by atoms with E-state index < -0.39 is 21.4 Å². The van der Waals surface area contributed by atoms with Gasteiger partial charge in [-0.3, -0.25) is 0 Å². The van der Waals surface area contributed by atoms with E-state index in [1.54, 1.807) is 13.8 Å². The Balaban J connectivity index is 2.80. The second kappa shape index (κ2) is 4.53. The highest BCUT2D eigenvalue weighted by Crippen LogP contribution is 2.24. The number of halogens is 1. The maximum Gasteiger partial charge on any atom is 0.302 e. The van der Waals surface area contributed by atoms with E-state index in [2.05, 4.69) is 0 Å². The second-order valence-electron chi connectivity index (χ2n) is 5.01. The van der Waals surface area contributed by atoms with E-state index in [0.29, 0.717) is 6.42 Å². The molecule has 2 nitrogen and oxygen atoms in total. The monoisotopic (exact) mass is 244 g/mol. The van der Waals surface area contributed by atoms with Gasteiger partial charge in [0.1, 0.15) is 0 Å². The summed E-state index contributed by atoms with van der Waals surface area (Å²) in [7, 11) is -4.41. The molecule has 0 aliphatic rings. The average molecular weight is 244 g/mol. The Kier molecular flexibility index (Phi) is 3.73. The van der Waals surface area contributed by atoms with Crippen molar-refractivity contribution in [3.05, 3.63) is 35.4 Å². The molecule has 1 aromatic carbocycles. The molecule has 1 rings (SSSR count). The summed E-state index contributed by atoms with van der Waals surface area (Å²) in [6.45, 7) is 5.49. The molecule has 0 aliphatic heterocycles. The summed E-state index contributed by atoms with van der Waals surface area (Å²) in [6, 6.07) is 7.82. The van der Waals surface area contributed by atoms with Crippen molar-refractivity contribution in [2.75, 3.05) is 5.75 Å². The molecule has 0 spiro atoms. The van der Waals surface area contributed by atoms with Gasteiger partial charge in [-0.15, -0.1) is 3.89 Å². The number of hydrogen-bond donors (Lipinski definition) is 0. The van der Waals surface area contributed by atoms with Crippen LogP contribution in [0.4, 0.5) is 3.89 Å². The van der Waals surface area contributed by atoms with Gasteiger partial charge in [0.25, 0.3) is 0 Å². The van der Waals surface area contributed by atoms with Crippen molar-refractivity contribution >= 4 is 10.2 Å². The fraction of sp³-hybridized carbons (Fsp3) is 0.500. The standard InChI is InChI=1S/C12H17FO2S/c1-10-5-4-6-11(7-10)8-12(2,3)9-16(13,14)15/h4-7H,8-9H2,1-3H3. The van der Waals surface area contributed by atoms with Crippen LogP contribution in [0.3, 0.4) is 0 Å². The molecule has 90 valence electrons. The molecular weight excluding hydrogens is 227 g/mol. The molecule has 0 N–H and O–H groups in total. The van der Waals surface area contributed by atoms with Crippen molar-refractivity contribution in [3.63, 3.8) is 0 Å². The van der Waals surface area contributed by atoms with E-state index in [1.807, 2.05) is 31.2 Å². The van der Waals surface area contributed by atoms with E-state index in [1.165, 1.54) is 0 Å². The Morgan fingerprint density at radius 1 is 1.31 bits per heavy atom. The molecule has 0 saturated heterocycles. The summed E-state index contributed by atoms with van der Waals surface area (Å²) in [5.74, 6) is -0.437. The van der Waals surface area contributed by atoms with Crippen LogP contribution >= 0.6 is 0 Å². The van der Waals surface area contributed by atoms with Crippen molar-refractivity contribution in [2.45, 2.75) is 27.2 Å². The van der Waals surface area contributed by atoms with Gasteiger partial charge in [0.2, 0.25) is 0 Å². The Bertz CT molecular complexity index is 464. The Morgan fingerprint density at radius 3 is 2.44 bits per heavy atom. The molecule has 0 aromatic heterocycles. The van der Waals surface area contributed by atoms with Crippen LogP contribution in [0.15, 0.2) is 24.3 Å². The Morgan fingerprint density at radius 2 is 1.94 bits per heavy atom. The van der Waals surface area contributed by atoms with Crippen LogP contribution in [0.5, 0.6) is 0 Å². The lowest BCUT2D eigenvalue weighted by molar-refractivity contribution is 0.401. The minimum absolute atomic E-state index is 0.437. The molecule has 0 amide bonds. The van der Waals surface area contributed by atoms with Crippen LogP contribution in [-0.4, -0.2) is 14.2 Å². The lowest BCUT2D eigenvalue weighted by atomic mass is 9.87. The molecule has 0 unspecified atom stereocenters. The largest absolute Gasteiger partial charge is 0.302 e. The maximum atomic E-state index is 12.6. The zero-order chi connectivity index (χ0) is 12.4. The van der Waals surface area contributed by atoms with Gasteiger partial charge in [-0.2, -0.15) is 8.42 Å². The summed E-state index contributed by atoms with van der Waals surface area (Å²) in [4.78, 5) is 0. The second-order valence-corrected chi connectivity index (χ2v) is 6.38. The van der Waals surface area contributed by atoms with E-state index in [-0.39, 0.29) is 0 Å². The van der Waals surface area contributed by atoms with Crippen LogP contribution in [0.1, 0.15) is 25.0 Å². The van der Waals surface area contributed by atoms with Gasteiger partial charge in [-0.05, 0) is 24.3 Å². The highest BCUT2D eigenvalue weighted by atomic mass is 32.3. The summed E-state index contributed by atoms with van der Waals surface area (Å²) >= 11 is 0. The summed E-state index contributed by atoms with van der Waals surface area (Å²) in [6.07, 6.45) is 0.553. The van der Waals surface area contributed by atoms with E-state index in [4.69, 9.17) is 0 Å². The molecule has 0 heterocycles. The Hall–Kier alpha value is -0.900. The first-order chi connectivity index (χ1) is 7.18. The number of aryl methyl sites for hydroxylation is 1. The summed E-state index contributed by atoms with van der Waals surface area (Å²) < 4.78 is 33.9. The molecular formula is C12H17FO2S. The quantitative estimate of drug-likeness (QED) is 0.763. The van der Waals surface area contributed by atoms with Gasteiger partial charge in [0.15, 0.2) is 0 Å². The summed E-state index contributed by atoms with van der Waals surface area (Å²) in [5, 5.41) is 0. The van der Waals surface area contributed by atoms with Gasteiger partial charge < -0.3 is 0 Å². The van der Waals surface area contributed by atoms with Crippen LogP contribution in [-0.2, 0) is 16.6 Å². The minimum Gasteiger partial charge on any atom is -0.195 e. The summed E-state index contributed by atoms with van der Waals surface area (Å²) in [5.41, 5.74) is 1.58. The normalized spacial score (nSPS) is 12.8. The highest BCUT2D eigenvalue weighted by Gasteiger charge is 2.26. The molecule has 0 aliphatic carbocycles. The predicted molar refractivity (Wildman–Crippen MR) is 63.6 cm³/mol. The number of rotatable bonds is 4. The van der Waals surface area contributed by atoms with Gasteiger partial charge in [0.05, 0.1) is 5.75 Å². The van der Waals surface area contributed by atoms with Gasteiger partial charge in [-0.1, -0.05) is 43.7 Å². The molecule has 0 atom stereocenters. The third-order valence-electron chi connectivity index (χ3n) is 2.33. The number of benzene rings is 1. The molecule has 1 aromatic rings. The first kappa shape index (κ1) is 13.2. The SMILES string of the molecule is Cc1cccc(CC(C)(C)CS(=O)(=O)F)c1. The third-order valence-corrected chi connectivity index (χ3v) is 3.45. The van der Waals surface area contributed by atoms with Crippen molar-refractivity contribution < 1.29 is 12.3 Å². The minimum atomic E-state index is -4.41. The predicted octanol–water partition coefficient (Wildman–Crippen LogP) is 2.86. The topological polar surface area (TPSA) is 34.1 Å². The molecule has 0 saturated carbocycles. The first-order valence-corrected chi connectivity index (χ1v) is 6.71. The van der Waals surface area contributed by atoms with Crippen molar-refractivity contribution in [1.82, 2.24) is 0 Å². The van der Waals surface area contributed by atoms with Crippen LogP contribution < -0.4 is 0 Å². The van der Waals surface area contributed by atoms with E-state index in [0.717, 1.165) is 11.1 Å². The Labute approximate surface area is 96.7 Å². The van der Waals surface area contributed by atoms with Gasteiger partial charge in [-0.25, -0.2) is 0 Å². The van der Waals surface area contributed by atoms with Crippen LogP contribution in [0.25, 0.3) is 0 Å². The molecule has 0 radical (unpaired) electrons. The maximum absolute atomic E-state index is 12.6. The molecule has 0 bridgehead atoms. The smallest absolute Gasteiger partial charge is 0.195 e. The highest BCUT2D eigenvalue weighted by molar-refractivity contribution is 7.86. The molecule has 0 fully saturated rings. The fourth-order valence-corrected chi connectivity index (χ4v) is 2.93. The van der Waals surface area contributed by atoms with E-state index in [9.17, 15) is 12.3 Å². The lowest BCUT2D eigenvalue weighted by Gasteiger charge is -2.22. The van der Waals surface area contributed by atoms with E-state index >= 15 is 0 Å². The zero-order valence-electron chi connectivity index (χ0n) is 9.83. The average Bonchev–Trinajstić information content (AvgIpc) is 1.96. The first-order valence-electron chi connectivity index (χ1n) is 5.16. The fourth-order valence-electron chi connectivity index (χ4n) is 1.89. The zero-order valence-corrected chi connectivity index (χ0v) is 10.6.